The van der Waals surface area contributed by atoms with Crippen LogP contribution < -0.4 is 10.1 Å². The van der Waals surface area contributed by atoms with Gasteiger partial charge in [0.15, 0.2) is 5.69 Å². The molecule has 0 aliphatic carbocycles. The molecule has 6 heteroatoms. The Morgan fingerprint density at radius 2 is 1.83 bits per heavy atom. The van der Waals surface area contributed by atoms with E-state index in [0.717, 1.165) is 37.2 Å². The van der Waals surface area contributed by atoms with Gasteiger partial charge in [-0.05, 0) is 49.1 Å². The predicted molar refractivity (Wildman–Crippen MR) is 92.1 cm³/mol. The van der Waals surface area contributed by atoms with Crippen LogP contribution in [-0.4, -0.2) is 41.2 Å². The van der Waals surface area contributed by atoms with Crippen LogP contribution >= 0.6 is 0 Å². The standard InChI is InChI=1S/C18H22N4O2/c1-24-15-7-5-14(6-8-15)13-19-17-10-9-16(20-21-17)18(23)22-11-3-2-4-12-22/h5-10H,2-4,11-13H2,1H3,(H,19,21). The average molecular weight is 326 g/mol. The van der Waals surface area contributed by atoms with Crippen LogP contribution in [0.25, 0.3) is 0 Å². The molecule has 2 heterocycles. The second-order valence-electron chi connectivity index (χ2n) is 5.86. The number of ether oxygens (including phenoxy) is 1. The first-order valence-corrected chi connectivity index (χ1v) is 8.26. The van der Waals surface area contributed by atoms with Crippen LogP contribution in [0.3, 0.4) is 0 Å². The van der Waals surface area contributed by atoms with Crippen LogP contribution in [0.15, 0.2) is 36.4 Å². The number of piperidine rings is 1. The van der Waals surface area contributed by atoms with Crippen LogP contribution in [0.2, 0.25) is 0 Å². The van der Waals surface area contributed by atoms with Gasteiger partial charge in [0.1, 0.15) is 11.6 Å². The summed E-state index contributed by atoms with van der Waals surface area (Å²) < 4.78 is 5.14. The molecule has 0 radical (unpaired) electrons. The molecule has 3 rings (SSSR count). The quantitative estimate of drug-likeness (QED) is 0.915. The summed E-state index contributed by atoms with van der Waals surface area (Å²) in [7, 11) is 1.65. The van der Waals surface area contributed by atoms with E-state index in [1.165, 1.54) is 6.42 Å². The van der Waals surface area contributed by atoms with Crippen LogP contribution in [0.1, 0.15) is 35.3 Å². The van der Waals surface area contributed by atoms with Crippen molar-refractivity contribution in [3.05, 3.63) is 47.7 Å². The lowest BCUT2D eigenvalue weighted by Crippen LogP contribution is -2.36. The number of carbonyl (C=O) groups excluding carboxylic acids is 1. The highest BCUT2D eigenvalue weighted by atomic mass is 16.5. The average Bonchev–Trinajstić information content (AvgIpc) is 2.67. The maximum Gasteiger partial charge on any atom is 0.274 e. The molecule has 24 heavy (non-hydrogen) atoms. The van der Waals surface area contributed by atoms with Crippen LogP contribution in [0.5, 0.6) is 5.75 Å². The molecule has 1 aliphatic heterocycles. The largest absolute Gasteiger partial charge is 0.497 e. The maximum absolute atomic E-state index is 12.3. The zero-order chi connectivity index (χ0) is 16.8. The molecule has 0 saturated carbocycles. The Labute approximate surface area is 141 Å². The molecular formula is C18H22N4O2. The van der Waals surface area contributed by atoms with Gasteiger partial charge in [-0.25, -0.2) is 0 Å². The van der Waals surface area contributed by atoms with Gasteiger partial charge >= 0.3 is 0 Å². The maximum atomic E-state index is 12.3. The van der Waals surface area contributed by atoms with E-state index in [2.05, 4.69) is 15.5 Å². The first-order chi connectivity index (χ1) is 11.8. The molecule has 1 aliphatic rings. The number of hydrogen-bond acceptors (Lipinski definition) is 5. The molecule has 1 amide bonds. The van der Waals surface area contributed by atoms with Crippen molar-refractivity contribution in [2.45, 2.75) is 25.8 Å². The van der Waals surface area contributed by atoms with Crippen molar-refractivity contribution in [1.29, 1.82) is 0 Å². The number of methoxy groups -OCH3 is 1. The minimum absolute atomic E-state index is 0.0242. The molecule has 0 unspecified atom stereocenters. The number of rotatable bonds is 5. The smallest absolute Gasteiger partial charge is 0.274 e. The Kier molecular flexibility index (Phi) is 5.25. The summed E-state index contributed by atoms with van der Waals surface area (Å²) in [6.45, 7) is 2.27. The first-order valence-electron chi connectivity index (χ1n) is 8.26. The fraction of sp³-hybridized carbons (Fsp3) is 0.389. The van der Waals surface area contributed by atoms with Gasteiger partial charge in [0.05, 0.1) is 7.11 Å². The van der Waals surface area contributed by atoms with Crippen molar-refractivity contribution in [2.75, 3.05) is 25.5 Å². The van der Waals surface area contributed by atoms with Crippen molar-refractivity contribution < 1.29 is 9.53 Å². The lowest BCUT2D eigenvalue weighted by atomic mass is 10.1. The summed E-state index contributed by atoms with van der Waals surface area (Å²) in [5.41, 5.74) is 1.53. The Balaban J connectivity index is 1.56. The summed E-state index contributed by atoms with van der Waals surface area (Å²) in [5.74, 6) is 1.46. The topological polar surface area (TPSA) is 67.3 Å². The van der Waals surface area contributed by atoms with E-state index in [0.29, 0.717) is 18.1 Å². The second-order valence-corrected chi connectivity index (χ2v) is 5.86. The monoisotopic (exact) mass is 326 g/mol. The van der Waals surface area contributed by atoms with Gasteiger partial charge in [0, 0.05) is 19.6 Å². The number of amides is 1. The third-order valence-electron chi connectivity index (χ3n) is 4.16. The zero-order valence-corrected chi connectivity index (χ0v) is 13.9. The van der Waals surface area contributed by atoms with E-state index in [9.17, 15) is 4.79 Å². The van der Waals surface area contributed by atoms with Gasteiger partial charge in [-0.3, -0.25) is 4.79 Å². The zero-order valence-electron chi connectivity index (χ0n) is 13.9. The summed E-state index contributed by atoms with van der Waals surface area (Å²) in [5, 5.41) is 11.4. The van der Waals surface area contributed by atoms with E-state index >= 15 is 0 Å². The minimum atomic E-state index is -0.0242. The Bertz CT molecular complexity index is 664. The normalized spacial score (nSPS) is 14.3. The van der Waals surface area contributed by atoms with Gasteiger partial charge in [0.2, 0.25) is 0 Å². The molecule has 6 nitrogen and oxygen atoms in total. The van der Waals surface area contributed by atoms with Crippen LogP contribution in [-0.2, 0) is 6.54 Å². The number of carbonyl (C=O) groups is 1. The molecule has 0 bridgehead atoms. The third kappa shape index (κ3) is 4.01. The van der Waals surface area contributed by atoms with Crippen LogP contribution in [0, 0.1) is 0 Å². The Morgan fingerprint density at radius 1 is 1.08 bits per heavy atom. The van der Waals surface area contributed by atoms with Crippen LogP contribution in [0.4, 0.5) is 5.82 Å². The number of benzene rings is 1. The van der Waals surface area contributed by atoms with Gasteiger partial charge in [-0.2, -0.15) is 0 Å². The van der Waals surface area contributed by atoms with E-state index in [1.54, 1.807) is 19.2 Å². The highest BCUT2D eigenvalue weighted by Gasteiger charge is 2.19. The molecule has 0 spiro atoms. The molecule has 1 aromatic carbocycles. The SMILES string of the molecule is COc1ccc(CNc2ccc(C(=O)N3CCCCC3)nn2)cc1. The number of nitrogens with zero attached hydrogens (tertiary/aromatic N) is 3. The molecule has 1 N–H and O–H groups in total. The number of likely N-dealkylation sites (tertiary alicyclic amines) is 1. The summed E-state index contributed by atoms with van der Waals surface area (Å²) in [6.07, 6.45) is 3.34. The fourth-order valence-electron chi connectivity index (χ4n) is 2.74. The van der Waals surface area contributed by atoms with Crippen molar-refractivity contribution in [3.8, 4) is 5.75 Å². The summed E-state index contributed by atoms with van der Waals surface area (Å²) in [4.78, 5) is 14.2. The number of hydrogen-bond donors (Lipinski definition) is 1. The molecule has 1 saturated heterocycles. The molecule has 0 atom stereocenters. The van der Waals surface area contributed by atoms with Gasteiger partial charge in [0.25, 0.3) is 5.91 Å². The van der Waals surface area contributed by atoms with Gasteiger partial charge in [-0.1, -0.05) is 12.1 Å². The second kappa shape index (κ2) is 7.77. The van der Waals surface area contributed by atoms with E-state index in [1.807, 2.05) is 29.2 Å². The van der Waals surface area contributed by atoms with Gasteiger partial charge in [-0.15, -0.1) is 10.2 Å². The fourth-order valence-corrected chi connectivity index (χ4v) is 2.74. The van der Waals surface area contributed by atoms with Crippen molar-refractivity contribution in [1.82, 2.24) is 15.1 Å². The van der Waals surface area contributed by atoms with Crippen molar-refractivity contribution in [3.63, 3.8) is 0 Å². The van der Waals surface area contributed by atoms with E-state index < -0.39 is 0 Å². The van der Waals surface area contributed by atoms with E-state index in [-0.39, 0.29) is 5.91 Å². The first kappa shape index (κ1) is 16.2. The number of anilines is 1. The summed E-state index contributed by atoms with van der Waals surface area (Å²) >= 11 is 0. The molecule has 1 aromatic heterocycles. The van der Waals surface area contributed by atoms with Crippen molar-refractivity contribution >= 4 is 11.7 Å². The van der Waals surface area contributed by atoms with E-state index in [4.69, 9.17) is 4.74 Å². The number of aromatic nitrogens is 2. The Hall–Kier alpha value is -2.63. The highest BCUT2D eigenvalue weighted by Crippen LogP contribution is 2.14. The van der Waals surface area contributed by atoms with Gasteiger partial charge < -0.3 is 15.0 Å². The van der Waals surface area contributed by atoms with Crippen molar-refractivity contribution in [2.24, 2.45) is 0 Å². The third-order valence-corrected chi connectivity index (χ3v) is 4.16. The lowest BCUT2D eigenvalue weighted by molar-refractivity contribution is 0.0717. The lowest BCUT2D eigenvalue weighted by Gasteiger charge is -2.26. The highest BCUT2D eigenvalue weighted by molar-refractivity contribution is 5.92. The molecule has 126 valence electrons. The minimum Gasteiger partial charge on any atom is -0.497 e. The molecular weight excluding hydrogens is 304 g/mol. The molecule has 2 aromatic rings. The number of nitrogens with one attached hydrogen (secondary N) is 1. The summed E-state index contributed by atoms with van der Waals surface area (Å²) in [6, 6.07) is 11.4. The molecule has 1 fully saturated rings. The predicted octanol–water partition coefficient (Wildman–Crippen LogP) is 2.72. The Morgan fingerprint density at radius 3 is 2.46 bits per heavy atom.